The van der Waals surface area contributed by atoms with Crippen molar-refractivity contribution in [1.82, 2.24) is 19.6 Å². The smallest absolute Gasteiger partial charge is 0.154 e. The molecule has 0 spiro atoms. The molecule has 6 nitrogen and oxygen atoms in total. The molecule has 0 saturated heterocycles. The fraction of sp³-hybridized carbons (Fsp3) is 0.389. The van der Waals surface area contributed by atoms with Gasteiger partial charge in [0, 0.05) is 18.3 Å². The van der Waals surface area contributed by atoms with Crippen molar-refractivity contribution in [1.29, 1.82) is 0 Å². The summed E-state index contributed by atoms with van der Waals surface area (Å²) in [6.07, 6.45) is 10.6. The van der Waals surface area contributed by atoms with Crippen LogP contribution in [-0.4, -0.2) is 33.2 Å². The van der Waals surface area contributed by atoms with E-state index in [0.717, 1.165) is 35.2 Å². The van der Waals surface area contributed by atoms with E-state index in [1.165, 1.54) is 25.7 Å². The SMILES string of the molecule is COc1cnccc1-c1cnc2ccc(NCC3CCCC3)nn12. The molecule has 6 heteroatoms. The van der Waals surface area contributed by atoms with E-state index in [1.54, 1.807) is 19.5 Å². The quantitative estimate of drug-likeness (QED) is 0.779. The van der Waals surface area contributed by atoms with E-state index in [2.05, 4.69) is 15.3 Å². The van der Waals surface area contributed by atoms with Gasteiger partial charge in [0.05, 0.1) is 25.2 Å². The number of ether oxygens (including phenoxy) is 1. The van der Waals surface area contributed by atoms with Crippen LogP contribution in [0.4, 0.5) is 5.82 Å². The number of fused-ring (bicyclic) bond motifs is 1. The van der Waals surface area contributed by atoms with Crippen LogP contribution in [0.1, 0.15) is 25.7 Å². The molecule has 1 N–H and O–H groups in total. The maximum Gasteiger partial charge on any atom is 0.154 e. The molecular weight excluding hydrogens is 302 g/mol. The molecule has 0 bridgehead atoms. The van der Waals surface area contributed by atoms with Crippen molar-refractivity contribution < 1.29 is 4.74 Å². The van der Waals surface area contributed by atoms with Crippen LogP contribution in [0.15, 0.2) is 36.8 Å². The van der Waals surface area contributed by atoms with E-state index >= 15 is 0 Å². The predicted octanol–water partition coefficient (Wildman–Crippen LogP) is 3.40. The zero-order valence-corrected chi connectivity index (χ0v) is 13.8. The molecule has 24 heavy (non-hydrogen) atoms. The zero-order chi connectivity index (χ0) is 16.4. The maximum absolute atomic E-state index is 5.42. The minimum Gasteiger partial charge on any atom is -0.494 e. The predicted molar refractivity (Wildman–Crippen MR) is 93.2 cm³/mol. The Balaban J connectivity index is 1.65. The summed E-state index contributed by atoms with van der Waals surface area (Å²) in [6, 6.07) is 5.90. The number of aromatic nitrogens is 4. The van der Waals surface area contributed by atoms with Crippen molar-refractivity contribution >= 4 is 11.5 Å². The normalized spacial score (nSPS) is 15.0. The van der Waals surface area contributed by atoms with Crippen LogP contribution in [0.5, 0.6) is 5.75 Å². The van der Waals surface area contributed by atoms with Crippen LogP contribution in [0.25, 0.3) is 16.9 Å². The molecule has 0 amide bonds. The summed E-state index contributed by atoms with van der Waals surface area (Å²) in [6.45, 7) is 0.987. The summed E-state index contributed by atoms with van der Waals surface area (Å²) in [5, 5.41) is 8.19. The van der Waals surface area contributed by atoms with E-state index in [4.69, 9.17) is 9.84 Å². The summed E-state index contributed by atoms with van der Waals surface area (Å²) in [5.41, 5.74) is 2.64. The highest BCUT2D eigenvalue weighted by Crippen LogP contribution is 2.29. The summed E-state index contributed by atoms with van der Waals surface area (Å²) < 4.78 is 7.27. The Morgan fingerprint density at radius 1 is 1.21 bits per heavy atom. The van der Waals surface area contributed by atoms with E-state index in [-0.39, 0.29) is 0 Å². The fourth-order valence-electron chi connectivity index (χ4n) is 3.37. The standard InChI is InChI=1S/C18H21N5O/c1-24-16-12-19-9-8-14(16)15-11-21-18-7-6-17(22-23(15)18)20-10-13-4-2-3-5-13/h6-9,11-13H,2-5,10H2,1H3,(H,20,22). The second-order valence-electron chi connectivity index (χ2n) is 6.24. The Kier molecular flexibility index (Phi) is 4.02. The van der Waals surface area contributed by atoms with Crippen molar-refractivity contribution in [2.24, 2.45) is 5.92 Å². The lowest BCUT2D eigenvalue weighted by atomic mass is 10.1. The molecule has 0 atom stereocenters. The fourth-order valence-corrected chi connectivity index (χ4v) is 3.37. The molecule has 0 radical (unpaired) electrons. The third-order valence-electron chi connectivity index (χ3n) is 4.69. The number of pyridine rings is 1. The second kappa shape index (κ2) is 6.47. The summed E-state index contributed by atoms with van der Waals surface area (Å²) in [7, 11) is 1.64. The van der Waals surface area contributed by atoms with Gasteiger partial charge >= 0.3 is 0 Å². The van der Waals surface area contributed by atoms with Gasteiger partial charge in [-0.2, -0.15) is 0 Å². The van der Waals surface area contributed by atoms with Crippen molar-refractivity contribution in [3.8, 4) is 17.0 Å². The number of imidazole rings is 1. The van der Waals surface area contributed by atoms with Gasteiger partial charge < -0.3 is 10.1 Å². The third-order valence-corrected chi connectivity index (χ3v) is 4.69. The average Bonchev–Trinajstić information content (AvgIpc) is 3.29. The van der Waals surface area contributed by atoms with E-state index in [9.17, 15) is 0 Å². The Bertz CT molecular complexity index is 838. The van der Waals surface area contributed by atoms with Crippen LogP contribution < -0.4 is 10.1 Å². The highest BCUT2D eigenvalue weighted by molar-refractivity contribution is 5.69. The first-order valence-electron chi connectivity index (χ1n) is 8.42. The first-order chi connectivity index (χ1) is 11.8. The molecule has 3 aromatic heterocycles. The lowest BCUT2D eigenvalue weighted by molar-refractivity contribution is 0.414. The molecule has 1 fully saturated rings. The highest BCUT2D eigenvalue weighted by atomic mass is 16.5. The Morgan fingerprint density at radius 3 is 2.92 bits per heavy atom. The van der Waals surface area contributed by atoms with Crippen LogP contribution in [0.3, 0.4) is 0 Å². The number of anilines is 1. The lowest BCUT2D eigenvalue weighted by Gasteiger charge is -2.12. The first-order valence-corrected chi connectivity index (χ1v) is 8.42. The zero-order valence-electron chi connectivity index (χ0n) is 13.8. The molecule has 0 unspecified atom stereocenters. The molecule has 1 aliphatic rings. The topological polar surface area (TPSA) is 64.3 Å². The van der Waals surface area contributed by atoms with Crippen molar-refractivity contribution in [3.63, 3.8) is 0 Å². The summed E-state index contributed by atoms with van der Waals surface area (Å²) >= 11 is 0. The molecule has 0 aromatic carbocycles. The first kappa shape index (κ1) is 14.9. The number of methoxy groups -OCH3 is 1. The minimum absolute atomic E-state index is 0.713. The van der Waals surface area contributed by atoms with Crippen LogP contribution in [-0.2, 0) is 0 Å². The van der Waals surface area contributed by atoms with Crippen molar-refractivity contribution in [3.05, 3.63) is 36.8 Å². The van der Waals surface area contributed by atoms with Gasteiger partial charge in [-0.1, -0.05) is 12.8 Å². The summed E-state index contributed by atoms with van der Waals surface area (Å²) in [4.78, 5) is 8.56. The molecule has 0 aliphatic heterocycles. The maximum atomic E-state index is 5.42. The van der Waals surface area contributed by atoms with Gasteiger partial charge in [-0.15, -0.1) is 5.10 Å². The van der Waals surface area contributed by atoms with E-state index < -0.39 is 0 Å². The van der Waals surface area contributed by atoms with Crippen LogP contribution >= 0.6 is 0 Å². The van der Waals surface area contributed by atoms with E-state index in [1.807, 2.05) is 28.9 Å². The second-order valence-corrected chi connectivity index (χ2v) is 6.24. The minimum atomic E-state index is 0.713. The Hall–Kier alpha value is -2.63. The Morgan fingerprint density at radius 2 is 2.08 bits per heavy atom. The van der Waals surface area contributed by atoms with Gasteiger partial charge in [0.2, 0.25) is 0 Å². The van der Waals surface area contributed by atoms with Gasteiger partial charge in [-0.25, -0.2) is 9.50 Å². The summed E-state index contributed by atoms with van der Waals surface area (Å²) in [5.74, 6) is 2.36. The number of hydrogen-bond donors (Lipinski definition) is 1. The van der Waals surface area contributed by atoms with Crippen LogP contribution in [0.2, 0.25) is 0 Å². The number of hydrogen-bond acceptors (Lipinski definition) is 5. The highest BCUT2D eigenvalue weighted by Gasteiger charge is 2.16. The molecular formula is C18H21N5O. The van der Waals surface area contributed by atoms with Crippen molar-refractivity contribution in [2.75, 3.05) is 19.0 Å². The monoisotopic (exact) mass is 323 g/mol. The molecule has 3 aromatic rings. The molecule has 3 heterocycles. The molecule has 1 saturated carbocycles. The van der Waals surface area contributed by atoms with Crippen molar-refractivity contribution in [2.45, 2.75) is 25.7 Å². The average molecular weight is 323 g/mol. The lowest BCUT2D eigenvalue weighted by Crippen LogP contribution is -2.13. The van der Waals surface area contributed by atoms with Gasteiger partial charge in [-0.3, -0.25) is 4.98 Å². The molecule has 1 aliphatic carbocycles. The largest absolute Gasteiger partial charge is 0.494 e. The van der Waals surface area contributed by atoms with Crippen LogP contribution in [0, 0.1) is 5.92 Å². The van der Waals surface area contributed by atoms with Gasteiger partial charge in [-0.05, 0) is 37.0 Å². The number of rotatable bonds is 5. The van der Waals surface area contributed by atoms with Gasteiger partial charge in [0.1, 0.15) is 11.6 Å². The van der Waals surface area contributed by atoms with Gasteiger partial charge in [0.15, 0.2) is 5.65 Å². The van der Waals surface area contributed by atoms with Gasteiger partial charge in [0.25, 0.3) is 0 Å². The third kappa shape index (κ3) is 2.79. The number of nitrogens with one attached hydrogen (secondary N) is 1. The number of nitrogens with zero attached hydrogens (tertiary/aromatic N) is 4. The Labute approximate surface area is 140 Å². The molecule has 124 valence electrons. The van der Waals surface area contributed by atoms with E-state index in [0.29, 0.717) is 5.75 Å². The molecule has 4 rings (SSSR count).